The molecular weight excluding hydrogens is 296 g/mol. The number of hydrogen-bond acceptors (Lipinski definition) is 5. The van der Waals surface area contributed by atoms with Crippen molar-refractivity contribution in [3.8, 4) is 0 Å². The summed E-state index contributed by atoms with van der Waals surface area (Å²) in [5.41, 5.74) is 2.17. The first-order valence-electron chi connectivity index (χ1n) is 6.19. The van der Waals surface area contributed by atoms with E-state index in [-0.39, 0.29) is 0 Å². The molecular formula is C14H15ClN2O2S. The Morgan fingerprint density at radius 2 is 2.20 bits per heavy atom. The van der Waals surface area contributed by atoms with Gasteiger partial charge in [-0.05, 0) is 32.4 Å². The molecule has 0 radical (unpaired) electrons. The summed E-state index contributed by atoms with van der Waals surface area (Å²) < 4.78 is 4.97. The highest BCUT2D eigenvalue weighted by atomic mass is 35.5. The molecule has 0 bridgehead atoms. The molecule has 0 aliphatic rings. The SMILES string of the molecule is CCOC(=O)c1nc(Nc2c(C)cccc2Cl)sc1C. The van der Waals surface area contributed by atoms with Crippen molar-refractivity contribution >= 4 is 39.7 Å². The van der Waals surface area contributed by atoms with Crippen LogP contribution in [0.4, 0.5) is 10.8 Å². The van der Waals surface area contributed by atoms with E-state index in [2.05, 4.69) is 10.3 Å². The Labute approximate surface area is 126 Å². The van der Waals surface area contributed by atoms with Crippen LogP contribution >= 0.6 is 22.9 Å². The number of halogens is 1. The number of nitrogens with zero attached hydrogens (tertiary/aromatic N) is 1. The van der Waals surface area contributed by atoms with Crippen LogP contribution in [0.3, 0.4) is 0 Å². The van der Waals surface area contributed by atoms with Crippen LogP contribution in [-0.2, 0) is 4.74 Å². The van der Waals surface area contributed by atoms with Gasteiger partial charge >= 0.3 is 5.97 Å². The van der Waals surface area contributed by atoms with Crippen LogP contribution in [-0.4, -0.2) is 17.6 Å². The molecule has 1 aromatic carbocycles. The highest BCUT2D eigenvalue weighted by Gasteiger charge is 2.17. The zero-order valence-corrected chi connectivity index (χ0v) is 13.1. The number of para-hydroxylation sites is 1. The number of esters is 1. The smallest absolute Gasteiger partial charge is 0.358 e. The van der Waals surface area contributed by atoms with Crippen LogP contribution in [0.15, 0.2) is 18.2 Å². The van der Waals surface area contributed by atoms with Crippen molar-refractivity contribution in [2.45, 2.75) is 20.8 Å². The normalized spacial score (nSPS) is 10.4. The van der Waals surface area contributed by atoms with Crippen molar-refractivity contribution in [3.05, 3.63) is 39.4 Å². The third kappa shape index (κ3) is 3.11. The van der Waals surface area contributed by atoms with Gasteiger partial charge in [0.2, 0.25) is 0 Å². The van der Waals surface area contributed by atoms with Crippen LogP contribution in [0.25, 0.3) is 0 Å². The van der Waals surface area contributed by atoms with Gasteiger partial charge in [-0.15, -0.1) is 11.3 Å². The first-order valence-corrected chi connectivity index (χ1v) is 7.39. The first-order chi connectivity index (χ1) is 9.52. The molecule has 0 unspecified atom stereocenters. The van der Waals surface area contributed by atoms with Crippen molar-refractivity contribution < 1.29 is 9.53 Å². The molecule has 2 rings (SSSR count). The summed E-state index contributed by atoms with van der Waals surface area (Å²) in [7, 11) is 0. The van der Waals surface area contributed by atoms with E-state index in [4.69, 9.17) is 16.3 Å². The zero-order valence-electron chi connectivity index (χ0n) is 11.5. The molecule has 0 spiro atoms. The lowest BCUT2D eigenvalue weighted by Crippen LogP contribution is -2.06. The van der Waals surface area contributed by atoms with E-state index in [9.17, 15) is 4.79 Å². The number of rotatable bonds is 4. The van der Waals surface area contributed by atoms with E-state index in [1.165, 1.54) is 11.3 Å². The van der Waals surface area contributed by atoms with Gasteiger partial charge in [0, 0.05) is 4.88 Å². The van der Waals surface area contributed by atoms with Gasteiger partial charge in [0.15, 0.2) is 10.8 Å². The number of aryl methyl sites for hydroxylation is 2. The minimum atomic E-state index is -0.398. The molecule has 0 atom stereocenters. The minimum Gasteiger partial charge on any atom is -0.461 e. The van der Waals surface area contributed by atoms with Crippen molar-refractivity contribution in [1.29, 1.82) is 0 Å². The summed E-state index contributed by atoms with van der Waals surface area (Å²) in [4.78, 5) is 16.8. The molecule has 1 N–H and O–H groups in total. The van der Waals surface area contributed by atoms with E-state index in [0.29, 0.717) is 22.5 Å². The molecule has 4 nitrogen and oxygen atoms in total. The van der Waals surface area contributed by atoms with Crippen LogP contribution < -0.4 is 5.32 Å². The predicted molar refractivity (Wildman–Crippen MR) is 82.3 cm³/mol. The van der Waals surface area contributed by atoms with Crippen LogP contribution in [0.2, 0.25) is 5.02 Å². The number of aromatic nitrogens is 1. The number of anilines is 2. The Balaban J connectivity index is 2.27. The molecule has 1 aromatic heterocycles. The van der Waals surface area contributed by atoms with Gasteiger partial charge in [-0.1, -0.05) is 23.7 Å². The Morgan fingerprint density at radius 1 is 1.45 bits per heavy atom. The Kier molecular flexibility index (Phi) is 4.62. The molecule has 106 valence electrons. The lowest BCUT2D eigenvalue weighted by Gasteiger charge is -2.08. The molecule has 6 heteroatoms. The number of thiazole rings is 1. The summed E-state index contributed by atoms with van der Waals surface area (Å²) in [5.74, 6) is -0.398. The maximum Gasteiger partial charge on any atom is 0.358 e. The van der Waals surface area contributed by atoms with E-state index in [1.807, 2.05) is 32.0 Å². The molecule has 1 heterocycles. The largest absolute Gasteiger partial charge is 0.461 e. The maximum atomic E-state index is 11.7. The Bertz CT molecular complexity index is 620. The third-order valence-electron chi connectivity index (χ3n) is 2.72. The zero-order chi connectivity index (χ0) is 14.7. The number of ether oxygens (including phenoxy) is 1. The van der Waals surface area contributed by atoms with Crippen LogP contribution in [0, 0.1) is 13.8 Å². The quantitative estimate of drug-likeness (QED) is 0.854. The second-order valence-electron chi connectivity index (χ2n) is 4.20. The van der Waals surface area contributed by atoms with Crippen molar-refractivity contribution in [2.75, 3.05) is 11.9 Å². The van der Waals surface area contributed by atoms with Gasteiger partial charge in [0.25, 0.3) is 0 Å². The van der Waals surface area contributed by atoms with E-state index >= 15 is 0 Å². The summed E-state index contributed by atoms with van der Waals surface area (Å²) >= 11 is 7.56. The summed E-state index contributed by atoms with van der Waals surface area (Å²) in [5, 5.41) is 4.41. The molecule has 0 fully saturated rings. The average Bonchev–Trinajstić information content (AvgIpc) is 2.75. The van der Waals surface area contributed by atoms with E-state index in [0.717, 1.165) is 16.1 Å². The van der Waals surface area contributed by atoms with Gasteiger partial charge in [-0.25, -0.2) is 9.78 Å². The summed E-state index contributed by atoms with van der Waals surface area (Å²) in [6.07, 6.45) is 0. The van der Waals surface area contributed by atoms with Crippen molar-refractivity contribution in [3.63, 3.8) is 0 Å². The molecule has 0 amide bonds. The van der Waals surface area contributed by atoms with Gasteiger partial charge in [0.1, 0.15) is 0 Å². The van der Waals surface area contributed by atoms with E-state index < -0.39 is 5.97 Å². The Hall–Kier alpha value is -1.59. The standard InChI is InChI=1S/C14H15ClN2O2S/c1-4-19-13(18)12-9(3)20-14(17-12)16-11-8(2)6-5-7-10(11)15/h5-7H,4H2,1-3H3,(H,16,17). The second kappa shape index (κ2) is 6.24. The van der Waals surface area contributed by atoms with Crippen LogP contribution in [0.1, 0.15) is 27.9 Å². The fourth-order valence-electron chi connectivity index (χ4n) is 1.74. The highest BCUT2D eigenvalue weighted by Crippen LogP contribution is 2.31. The maximum absolute atomic E-state index is 11.7. The molecule has 0 aliphatic heterocycles. The molecule has 0 aliphatic carbocycles. The second-order valence-corrected chi connectivity index (χ2v) is 5.81. The number of carbonyl (C=O) groups is 1. The third-order valence-corrected chi connectivity index (χ3v) is 3.92. The monoisotopic (exact) mass is 310 g/mol. The molecule has 20 heavy (non-hydrogen) atoms. The molecule has 0 saturated carbocycles. The van der Waals surface area contributed by atoms with Crippen molar-refractivity contribution in [2.24, 2.45) is 0 Å². The highest BCUT2D eigenvalue weighted by molar-refractivity contribution is 7.15. The number of nitrogens with one attached hydrogen (secondary N) is 1. The summed E-state index contributed by atoms with van der Waals surface area (Å²) in [6, 6.07) is 5.66. The lowest BCUT2D eigenvalue weighted by molar-refractivity contribution is 0.0519. The van der Waals surface area contributed by atoms with Gasteiger partial charge in [-0.2, -0.15) is 0 Å². The fraction of sp³-hybridized carbons (Fsp3) is 0.286. The van der Waals surface area contributed by atoms with E-state index in [1.54, 1.807) is 6.92 Å². The first kappa shape index (κ1) is 14.8. The predicted octanol–water partition coefficient (Wildman–Crippen LogP) is 4.33. The number of carbonyl (C=O) groups excluding carboxylic acids is 1. The molecule has 2 aromatic rings. The number of hydrogen-bond donors (Lipinski definition) is 1. The van der Waals surface area contributed by atoms with Gasteiger partial charge < -0.3 is 10.1 Å². The fourth-order valence-corrected chi connectivity index (χ4v) is 2.81. The van der Waals surface area contributed by atoms with Crippen molar-refractivity contribution in [1.82, 2.24) is 4.98 Å². The van der Waals surface area contributed by atoms with Gasteiger partial charge in [0.05, 0.1) is 17.3 Å². The minimum absolute atomic E-state index is 0.335. The molecule has 0 saturated heterocycles. The van der Waals surface area contributed by atoms with Gasteiger partial charge in [-0.3, -0.25) is 0 Å². The number of benzene rings is 1. The average molecular weight is 311 g/mol. The lowest BCUT2D eigenvalue weighted by atomic mass is 10.2. The van der Waals surface area contributed by atoms with Crippen LogP contribution in [0.5, 0.6) is 0 Å². The summed E-state index contributed by atoms with van der Waals surface area (Å²) in [6.45, 7) is 5.91. The Morgan fingerprint density at radius 3 is 2.85 bits per heavy atom. The topological polar surface area (TPSA) is 51.2 Å².